The lowest BCUT2D eigenvalue weighted by Gasteiger charge is -2.26. The Hall–Kier alpha value is -5.46. The fraction of sp³-hybridized carbons (Fsp3) is 0.0526. The Balaban J connectivity index is 1.12. The highest BCUT2D eigenvalue weighted by atomic mass is 32.1. The minimum atomic E-state index is -0.230. The summed E-state index contributed by atoms with van der Waals surface area (Å²) in [5.74, 6) is 1.52. The summed E-state index contributed by atoms with van der Waals surface area (Å²) in [7, 11) is 0. The van der Waals surface area contributed by atoms with Gasteiger partial charge in [0.1, 0.15) is 18.2 Å². The monoisotopic (exact) mass is 585 g/mol. The number of benzene rings is 5. The molecule has 9 rings (SSSR count). The van der Waals surface area contributed by atoms with Gasteiger partial charge in [0.15, 0.2) is 5.84 Å². The highest BCUT2D eigenvalue weighted by Crippen LogP contribution is 2.40. The van der Waals surface area contributed by atoms with Crippen LogP contribution in [0.1, 0.15) is 23.5 Å². The van der Waals surface area contributed by atoms with Gasteiger partial charge in [-0.1, -0.05) is 97.1 Å². The number of nitrogens with zero attached hydrogens (tertiary/aromatic N) is 3. The average Bonchev–Trinajstić information content (AvgIpc) is 3.62. The van der Waals surface area contributed by atoms with Crippen LogP contribution in [0.4, 0.5) is 0 Å². The fourth-order valence-corrected chi connectivity index (χ4v) is 7.54. The zero-order chi connectivity index (χ0) is 29.0. The van der Waals surface area contributed by atoms with Crippen molar-refractivity contribution in [2.45, 2.75) is 12.3 Å². The zero-order valence-electron chi connectivity index (χ0n) is 23.7. The number of fused-ring (bicyclic) bond motifs is 6. The van der Waals surface area contributed by atoms with Gasteiger partial charge in [0.2, 0.25) is 0 Å². The van der Waals surface area contributed by atoms with Crippen molar-refractivity contribution in [3.05, 3.63) is 156 Å². The summed E-state index contributed by atoms with van der Waals surface area (Å²) in [4.78, 5) is 10.0. The standard InChI is InChI=1S/C38H27N5S/c1-3-11-24(12-4-1)36-40-37(25-13-5-2-6-14-25)42-38(41-36)26-19-20-35(39-23-26)43-31-17-9-7-15-27(31)29-21-30-28-16-8-10-18-33(28)44-34(30)22-32(29)43/h1-23,35-36,39H,(H,40,41,42). The Morgan fingerprint density at radius 1 is 0.659 bits per heavy atom. The summed E-state index contributed by atoms with van der Waals surface area (Å²) >= 11 is 1.86. The molecule has 0 aliphatic carbocycles. The van der Waals surface area contributed by atoms with Crippen LogP contribution in [0.5, 0.6) is 0 Å². The van der Waals surface area contributed by atoms with Crippen molar-refractivity contribution in [2.24, 2.45) is 9.98 Å². The van der Waals surface area contributed by atoms with E-state index in [9.17, 15) is 0 Å². The van der Waals surface area contributed by atoms with Gasteiger partial charge in [0.25, 0.3) is 0 Å². The summed E-state index contributed by atoms with van der Waals surface area (Å²) in [6, 6.07) is 42.7. The van der Waals surface area contributed by atoms with Crippen molar-refractivity contribution in [3.63, 3.8) is 0 Å². The summed E-state index contributed by atoms with van der Waals surface area (Å²) in [5.41, 5.74) is 5.50. The first kappa shape index (κ1) is 25.1. The van der Waals surface area contributed by atoms with Gasteiger partial charge in [0.05, 0.1) is 11.0 Å². The van der Waals surface area contributed by atoms with Crippen LogP contribution in [0.25, 0.3) is 42.0 Å². The lowest BCUT2D eigenvalue weighted by atomic mass is 10.1. The number of para-hydroxylation sites is 1. The van der Waals surface area contributed by atoms with Gasteiger partial charge in [-0.3, -0.25) is 0 Å². The molecule has 2 aromatic heterocycles. The maximum atomic E-state index is 5.05. The molecule has 210 valence electrons. The normalized spacial score (nSPS) is 18.2. The number of thiophene rings is 1. The third kappa shape index (κ3) is 4.07. The number of hydrogen-bond donors (Lipinski definition) is 2. The van der Waals surface area contributed by atoms with Gasteiger partial charge in [-0.2, -0.15) is 0 Å². The maximum absolute atomic E-state index is 5.05. The quantitative estimate of drug-likeness (QED) is 0.217. The minimum Gasteiger partial charge on any atom is -0.367 e. The second-order valence-corrected chi connectivity index (χ2v) is 12.2. The molecule has 0 saturated carbocycles. The number of dihydropyridines is 1. The van der Waals surface area contributed by atoms with Crippen LogP contribution in [0.2, 0.25) is 0 Å². The van der Waals surface area contributed by atoms with Crippen LogP contribution in [0, 0.1) is 0 Å². The van der Waals surface area contributed by atoms with E-state index >= 15 is 0 Å². The van der Waals surface area contributed by atoms with Gasteiger partial charge in [-0.15, -0.1) is 11.3 Å². The van der Waals surface area contributed by atoms with Crippen LogP contribution in [0.3, 0.4) is 0 Å². The minimum absolute atomic E-state index is 0.0576. The summed E-state index contributed by atoms with van der Waals surface area (Å²) in [5, 5.41) is 12.4. The molecule has 5 nitrogen and oxygen atoms in total. The van der Waals surface area contributed by atoms with E-state index in [1.54, 1.807) is 0 Å². The van der Waals surface area contributed by atoms with Crippen molar-refractivity contribution in [1.82, 2.24) is 15.2 Å². The maximum Gasteiger partial charge on any atom is 0.160 e. The van der Waals surface area contributed by atoms with Crippen LogP contribution < -0.4 is 10.6 Å². The van der Waals surface area contributed by atoms with E-state index in [1.807, 2.05) is 47.7 Å². The molecule has 5 aromatic carbocycles. The molecule has 4 heterocycles. The molecule has 0 bridgehead atoms. The van der Waals surface area contributed by atoms with Gasteiger partial charge in [-0.05, 0) is 42.0 Å². The second-order valence-electron chi connectivity index (χ2n) is 11.2. The number of aliphatic imine (C=N–C) groups is 2. The first-order valence-electron chi connectivity index (χ1n) is 14.8. The highest BCUT2D eigenvalue weighted by Gasteiger charge is 2.24. The van der Waals surface area contributed by atoms with Crippen LogP contribution >= 0.6 is 11.3 Å². The molecule has 0 fully saturated rings. The van der Waals surface area contributed by atoms with E-state index < -0.39 is 0 Å². The molecule has 2 unspecified atom stereocenters. The zero-order valence-corrected chi connectivity index (χ0v) is 24.5. The number of rotatable bonds is 4. The molecule has 0 spiro atoms. The first-order chi connectivity index (χ1) is 21.8. The largest absolute Gasteiger partial charge is 0.367 e. The molecule has 6 heteroatoms. The molecular weight excluding hydrogens is 559 g/mol. The lowest BCUT2D eigenvalue weighted by molar-refractivity contribution is 0.576. The summed E-state index contributed by atoms with van der Waals surface area (Å²) < 4.78 is 5.03. The van der Waals surface area contributed by atoms with E-state index in [1.165, 1.54) is 42.0 Å². The van der Waals surface area contributed by atoms with E-state index in [2.05, 4.69) is 118 Å². The van der Waals surface area contributed by atoms with Crippen molar-refractivity contribution in [2.75, 3.05) is 0 Å². The van der Waals surface area contributed by atoms with Crippen molar-refractivity contribution < 1.29 is 0 Å². The predicted octanol–water partition coefficient (Wildman–Crippen LogP) is 8.85. The molecule has 2 atom stereocenters. The Morgan fingerprint density at radius 2 is 1.41 bits per heavy atom. The molecule has 0 saturated heterocycles. The van der Waals surface area contributed by atoms with Crippen LogP contribution in [-0.2, 0) is 0 Å². The summed E-state index contributed by atoms with van der Waals surface area (Å²) in [6.45, 7) is 0. The lowest BCUT2D eigenvalue weighted by Crippen LogP contribution is -2.34. The smallest absolute Gasteiger partial charge is 0.160 e. The Bertz CT molecular complexity index is 2340. The van der Waals surface area contributed by atoms with E-state index in [-0.39, 0.29) is 12.3 Å². The highest BCUT2D eigenvalue weighted by molar-refractivity contribution is 7.25. The number of amidine groups is 2. The van der Waals surface area contributed by atoms with Gasteiger partial charge in [0, 0.05) is 48.3 Å². The SMILES string of the molecule is C1=CC(n2c3ccccc3c3cc4c(cc32)sc2ccccc24)NC=C1C1=NC(c2ccccc2)NC(c2ccccc2)=N1. The second kappa shape index (κ2) is 10.1. The van der Waals surface area contributed by atoms with Gasteiger partial charge >= 0.3 is 0 Å². The molecule has 0 radical (unpaired) electrons. The van der Waals surface area contributed by atoms with Crippen LogP contribution in [-0.4, -0.2) is 16.2 Å². The topological polar surface area (TPSA) is 53.7 Å². The molecule has 7 aromatic rings. The van der Waals surface area contributed by atoms with E-state index in [4.69, 9.17) is 9.98 Å². The van der Waals surface area contributed by atoms with E-state index in [0.717, 1.165) is 22.5 Å². The average molecular weight is 586 g/mol. The van der Waals surface area contributed by atoms with Gasteiger partial charge < -0.3 is 15.2 Å². The summed E-state index contributed by atoms with van der Waals surface area (Å²) in [6.07, 6.45) is 6.14. The Morgan fingerprint density at radius 3 is 2.23 bits per heavy atom. The number of aromatic nitrogens is 1. The first-order valence-corrected chi connectivity index (χ1v) is 15.6. The molecule has 44 heavy (non-hydrogen) atoms. The van der Waals surface area contributed by atoms with Crippen molar-refractivity contribution in [3.8, 4) is 0 Å². The molecular formula is C38H27N5S. The van der Waals surface area contributed by atoms with Gasteiger partial charge in [-0.25, -0.2) is 9.98 Å². The number of hydrogen-bond acceptors (Lipinski definition) is 5. The number of nitrogens with one attached hydrogen (secondary N) is 2. The Kier molecular flexibility index (Phi) is 5.74. The molecule has 2 aliphatic rings. The molecule has 0 amide bonds. The van der Waals surface area contributed by atoms with Crippen LogP contribution in [0.15, 0.2) is 155 Å². The van der Waals surface area contributed by atoms with Crippen molar-refractivity contribution >= 4 is 65.0 Å². The molecule has 2 aliphatic heterocycles. The predicted molar refractivity (Wildman–Crippen MR) is 184 cm³/mol. The van der Waals surface area contributed by atoms with E-state index in [0.29, 0.717) is 5.84 Å². The third-order valence-electron chi connectivity index (χ3n) is 8.52. The fourth-order valence-electron chi connectivity index (χ4n) is 6.42. The third-order valence-corrected chi connectivity index (χ3v) is 9.65. The van der Waals surface area contributed by atoms with Crippen molar-refractivity contribution in [1.29, 1.82) is 0 Å². The molecule has 2 N–H and O–H groups in total. The Labute approximate surface area is 258 Å².